The number of nitrogens with one attached hydrogen (secondary N) is 2. The zero-order chi connectivity index (χ0) is 17.6. The average Bonchev–Trinajstić information content (AvgIpc) is 2.63. The first-order chi connectivity index (χ1) is 12.1. The molecule has 0 bridgehead atoms. The molecule has 2 N–H and O–H groups in total. The van der Waals surface area contributed by atoms with E-state index in [2.05, 4.69) is 20.6 Å². The number of rotatable bonds is 5. The van der Waals surface area contributed by atoms with Gasteiger partial charge in [-0.05, 0) is 31.2 Å². The lowest BCUT2D eigenvalue weighted by atomic mass is 10.2. The molecule has 1 amide bonds. The molecule has 2 aromatic carbocycles. The Labute approximate surface area is 145 Å². The van der Waals surface area contributed by atoms with E-state index in [-0.39, 0.29) is 29.9 Å². The van der Waals surface area contributed by atoms with Gasteiger partial charge in [0.15, 0.2) is 0 Å². The highest BCUT2D eigenvalue weighted by molar-refractivity contribution is 6.02. The number of halogens is 1. The molecule has 0 aliphatic carbocycles. The Kier molecular flexibility index (Phi) is 4.99. The summed E-state index contributed by atoms with van der Waals surface area (Å²) < 4.78 is 13.6. The lowest BCUT2D eigenvalue weighted by Crippen LogP contribution is -2.15. The summed E-state index contributed by atoms with van der Waals surface area (Å²) in [5.41, 5.74) is 2.53. The predicted molar refractivity (Wildman–Crippen MR) is 94.9 cm³/mol. The van der Waals surface area contributed by atoms with Crippen molar-refractivity contribution < 1.29 is 9.18 Å². The van der Waals surface area contributed by atoms with Crippen molar-refractivity contribution in [3.63, 3.8) is 0 Å². The third-order valence-corrected chi connectivity index (χ3v) is 3.59. The van der Waals surface area contributed by atoms with Crippen LogP contribution in [0.4, 0.5) is 16.0 Å². The van der Waals surface area contributed by atoms with Crippen molar-refractivity contribution in [1.29, 1.82) is 0 Å². The number of hydrogen-bond acceptors (Lipinski definition) is 4. The van der Waals surface area contributed by atoms with Gasteiger partial charge in [0.05, 0.1) is 0 Å². The Morgan fingerprint density at radius 1 is 1.08 bits per heavy atom. The topological polar surface area (TPSA) is 66.9 Å². The number of aryl methyl sites for hydroxylation is 1. The first-order valence-corrected chi connectivity index (χ1v) is 7.80. The normalized spacial score (nSPS) is 10.3. The van der Waals surface area contributed by atoms with Gasteiger partial charge >= 0.3 is 0 Å². The highest BCUT2D eigenvalue weighted by Crippen LogP contribution is 2.12. The maximum Gasteiger partial charge on any atom is 0.274 e. The summed E-state index contributed by atoms with van der Waals surface area (Å²) in [5.74, 6) is -0.372. The summed E-state index contributed by atoms with van der Waals surface area (Å²) in [6.45, 7) is 2.21. The van der Waals surface area contributed by atoms with E-state index in [1.54, 1.807) is 18.2 Å². The van der Waals surface area contributed by atoms with Gasteiger partial charge in [-0.25, -0.2) is 14.4 Å². The van der Waals surface area contributed by atoms with Crippen molar-refractivity contribution >= 4 is 17.5 Å². The van der Waals surface area contributed by atoms with Crippen LogP contribution in [0.5, 0.6) is 0 Å². The van der Waals surface area contributed by atoms with Gasteiger partial charge in [-0.2, -0.15) is 0 Å². The van der Waals surface area contributed by atoms with Crippen LogP contribution in [0.1, 0.15) is 21.6 Å². The van der Waals surface area contributed by atoms with E-state index in [1.807, 2.05) is 31.2 Å². The van der Waals surface area contributed by atoms with Crippen LogP contribution in [0.2, 0.25) is 0 Å². The van der Waals surface area contributed by atoms with Crippen molar-refractivity contribution in [2.24, 2.45) is 0 Å². The Bertz CT molecular complexity index is 881. The van der Waals surface area contributed by atoms with E-state index in [9.17, 15) is 9.18 Å². The van der Waals surface area contributed by atoms with Crippen molar-refractivity contribution in [3.8, 4) is 0 Å². The lowest BCUT2D eigenvalue weighted by Gasteiger charge is -2.08. The van der Waals surface area contributed by atoms with Gasteiger partial charge in [0, 0.05) is 24.0 Å². The van der Waals surface area contributed by atoms with Crippen molar-refractivity contribution in [3.05, 3.63) is 83.4 Å². The summed E-state index contributed by atoms with van der Waals surface area (Å²) in [5, 5.41) is 5.70. The molecule has 25 heavy (non-hydrogen) atoms. The first kappa shape index (κ1) is 16.6. The molecule has 1 heterocycles. The lowest BCUT2D eigenvalue weighted by molar-refractivity contribution is 0.102. The van der Waals surface area contributed by atoms with Gasteiger partial charge in [0.2, 0.25) is 5.95 Å². The van der Waals surface area contributed by atoms with Gasteiger partial charge in [0.25, 0.3) is 5.91 Å². The number of benzene rings is 2. The highest BCUT2D eigenvalue weighted by Gasteiger charge is 2.09. The van der Waals surface area contributed by atoms with Gasteiger partial charge in [-0.15, -0.1) is 0 Å². The second-order valence-electron chi connectivity index (χ2n) is 5.53. The number of aromatic nitrogens is 2. The minimum Gasteiger partial charge on any atom is -0.350 e. The zero-order valence-corrected chi connectivity index (χ0v) is 13.7. The van der Waals surface area contributed by atoms with Crippen LogP contribution in [0.25, 0.3) is 0 Å². The molecule has 0 saturated carbocycles. The molecule has 0 unspecified atom stereocenters. The molecule has 0 spiro atoms. The minimum atomic E-state index is -0.333. The van der Waals surface area contributed by atoms with Gasteiger partial charge < -0.3 is 10.6 Å². The van der Waals surface area contributed by atoms with Gasteiger partial charge in [0.1, 0.15) is 11.5 Å². The molecule has 0 saturated heterocycles. The van der Waals surface area contributed by atoms with E-state index in [1.165, 1.54) is 18.3 Å². The quantitative estimate of drug-likeness (QED) is 0.744. The van der Waals surface area contributed by atoms with Crippen molar-refractivity contribution in [2.75, 3.05) is 10.6 Å². The van der Waals surface area contributed by atoms with Crippen LogP contribution in [0.15, 0.2) is 60.8 Å². The Morgan fingerprint density at radius 3 is 2.60 bits per heavy atom. The number of carbonyl (C=O) groups is 1. The number of nitrogens with zero attached hydrogens (tertiary/aromatic N) is 2. The van der Waals surface area contributed by atoms with E-state index < -0.39 is 0 Å². The van der Waals surface area contributed by atoms with Crippen LogP contribution in [-0.4, -0.2) is 15.9 Å². The summed E-state index contributed by atoms with van der Waals surface area (Å²) in [6, 6.07) is 15.5. The standard InChI is InChI=1S/C19H17FN4O/c1-13-6-8-15(9-7-13)23-18(25)17-10-11-21-19(24-17)22-12-14-4-2-3-5-16(14)20/h2-11H,12H2,1H3,(H,23,25)(H,21,22,24). The minimum absolute atomic E-state index is 0.228. The van der Waals surface area contributed by atoms with E-state index in [0.717, 1.165) is 5.56 Å². The molecule has 0 atom stereocenters. The predicted octanol–water partition coefficient (Wildman–Crippen LogP) is 3.79. The molecule has 5 nitrogen and oxygen atoms in total. The Balaban J connectivity index is 1.67. The van der Waals surface area contributed by atoms with Gasteiger partial charge in [-0.3, -0.25) is 4.79 Å². The number of carbonyl (C=O) groups excluding carboxylic acids is 1. The molecule has 0 aliphatic heterocycles. The molecule has 0 fully saturated rings. The van der Waals surface area contributed by atoms with Gasteiger partial charge in [-0.1, -0.05) is 35.9 Å². The first-order valence-electron chi connectivity index (χ1n) is 7.80. The molecule has 3 aromatic rings. The maximum atomic E-state index is 13.6. The number of amides is 1. The highest BCUT2D eigenvalue weighted by atomic mass is 19.1. The van der Waals surface area contributed by atoms with Crippen LogP contribution < -0.4 is 10.6 Å². The molecule has 0 aliphatic rings. The Hall–Kier alpha value is -3.28. The average molecular weight is 336 g/mol. The van der Waals surface area contributed by atoms with E-state index in [4.69, 9.17) is 0 Å². The van der Waals surface area contributed by atoms with Crippen LogP contribution in [0.3, 0.4) is 0 Å². The summed E-state index contributed by atoms with van der Waals surface area (Å²) in [4.78, 5) is 20.5. The number of anilines is 2. The monoisotopic (exact) mass is 336 g/mol. The number of hydrogen-bond donors (Lipinski definition) is 2. The summed E-state index contributed by atoms with van der Waals surface area (Å²) in [7, 11) is 0. The fraction of sp³-hybridized carbons (Fsp3) is 0.105. The molecular weight excluding hydrogens is 319 g/mol. The largest absolute Gasteiger partial charge is 0.350 e. The summed E-state index contributed by atoms with van der Waals surface area (Å²) in [6.07, 6.45) is 1.49. The van der Waals surface area contributed by atoms with E-state index in [0.29, 0.717) is 11.3 Å². The van der Waals surface area contributed by atoms with E-state index >= 15 is 0 Å². The summed E-state index contributed by atoms with van der Waals surface area (Å²) >= 11 is 0. The smallest absolute Gasteiger partial charge is 0.274 e. The SMILES string of the molecule is Cc1ccc(NC(=O)c2ccnc(NCc3ccccc3F)n2)cc1. The van der Waals surface area contributed by atoms with Crippen LogP contribution in [-0.2, 0) is 6.54 Å². The molecule has 0 radical (unpaired) electrons. The molecule has 1 aromatic heterocycles. The molecule has 6 heteroatoms. The second-order valence-corrected chi connectivity index (χ2v) is 5.53. The van der Waals surface area contributed by atoms with Crippen molar-refractivity contribution in [2.45, 2.75) is 13.5 Å². The third-order valence-electron chi connectivity index (χ3n) is 3.59. The molecule has 126 valence electrons. The fourth-order valence-corrected chi connectivity index (χ4v) is 2.22. The van der Waals surface area contributed by atoms with Crippen LogP contribution >= 0.6 is 0 Å². The molecule has 3 rings (SSSR count). The Morgan fingerprint density at radius 2 is 1.84 bits per heavy atom. The zero-order valence-electron chi connectivity index (χ0n) is 13.7. The second kappa shape index (κ2) is 7.53. The fourth-order valence-electron chi connectivity index (χ4n) is 2.22. The molecular formula is C19H17FN4O. The van der Waals surface area contributed by atoms with Crippen LogP contribution in [0, 0.1) is 12.7 Å². The van der Waals surface area contributed by atoms with Crippen molar-refractivity contribution in [1.82, 2.24) is 9.97 Å². The maximum absolute atomic E-state index is 13.6. The third kappa shape index (κ3) is 4.38.